The van der Waals surface area contributed by atoms with Crippen molar-refractivity contribution in [1.82, 2.24) is 19.5 Å². The van der Waals surface area contributed by atoms with Gasteiger partial charge in [0.1, 0.15) is 5.52 Å². The van der Waals surface area contributed by atoms with E-state index in [-0.39, 0.29) is 0 Å². The molecule has 0 aliphatic carbocycles. The number of para-hydroxylation sites is 3. The van der Waals surface area contributed by atoms with Gasteiger partial charge in [-0.25, -0.2) is 4.98 Å². The summed E-state index contributed by atoms with van der Waals surface area (Å²) in [7, 11) is 0. The Kier molecular flexibility index (Phi) is 5.07. The van der Waals surface area contributed by atoms with E-state index >= 15 is 0 Å². The highest BCUT2D eigenvalue weighted by Crippen LogP contribution is 2.39. The number of nitrogens with zero attached hydrogens (tertiary/aromatic N) is 4. The smallest absolute Gasteiger partial charge is 0.227 e. The summed E-state index contributed by atoms with van der Waals surface area (Å²) in [5.41, 5.74) is 10.0. The standard InChI is InChI=1S/C35H22N4O/c1-3-10-31-27(7-1)28-15-13-25(35-38-30-9-2-4-11-34(30)40-35)22-33(28)39(31)32-21-24(29-8-5-6-18-37-29)12-14-26(32)23-16-19-36-20-17-23/h1-22H. The molecule has 0 fully saturated rings. The fourth-order valence-corrected chi connectivity index (χ4v) is 5.54. The number of hydrogen-bond donors (Lipinski definition) is 0. The van der Waals surface area contributed by atoms with E-state index in [9.17, 15) is 0 Å². The third kappa shape index (κ3) is 3.60. The van der Waals surface area contributed by atoms with Crippen molar-refractivity contribution in [2.45, 2.75) is 0 Å². The number of oxazole rings is 1. The Morgan fingerprint density at radius 3 is 2.25 bits per heavy atom. The van der Waals surface area contributed by atoms with Crippen LogP contribution in [0.15, 0.2) is 138 Å². The van der Waals surface area contributed by atoms with E-state index in [0.29, 0.717) is 5.89 Å². The molecule has 5 heteroatoms. The minimum Gasteiger partial charge on any atom is -0.436 e. The number of pyridine rings is 2. The lowest BCUT2D eigenvalue weighted by Gasteiger charge is -2.16. The lowest BCUT2D eigenvalue weighted by molar-refractivity contribution is 0.620. The van der Waals surface area contributed by atoms with Gasteiger partial charge in [-0.3, -0.25) is 9.97 Å². The zero-order chi connectivity index (χ0) is 26.5. The van der Waals surface area contributed by atoms with Crippen LogP contribution in [0.4, 0.5) is 0 Å². The van der Waals surface area contributed by atoms with Gasteiger partial charge in [0.15, 0.2) is 5.58 Å². The quantitative estimate of drug-likeness (QED) is 0.236. The normalized spacial score (nSPS) is 11.5. The van der Waals surface area contributed by atoms with Gasteiger partial charge in [-0.2, -0.15) is 0 Å². The predicted octanol–water partition coefficient (Wildman–Crippen LogP) is 8.72. The van der Waals surface area contributed by atoms with Crippen LogP contribution in [0.3, 0.4) is 0 Å². The number of fused-ring (bicyclic) bond motifs is 4. The average Bonchev–Trinajstić information content (AvgIpc) is 3.61. The van der Waals surface area contributed by atoms with Gasteiger partial charge >= 0.3 is 0 Å². The molecule has 0 aliphatic heterocycles. The van der Waals surface area contributed by atoms with Gasteiger partial charge in [0, 0.05) is 46.1 Å². The molecule has 40 heavy (non-hydrogen) atoms. The van der Waals surface area contributed by atoms with Crippen molar-refractivity contribution < 1.29 is 4.42 Å². The molecule has 0 amide bonds. The predicted molar refractivity (Wildman–Crippen MR) is 160 cm³/mol. The minimum atomic E-state index is 0.608. The molecule has 8 rings (SSSR count). The first-order valence-corrected chi connectivity index (χ1v) is 13.2. The van der Waals surface area contributed by atoms with E-state index in [0.717, 1.165) is 55.8 Å². The van der Waals surface area contributed by atoms with Crippen LogP contribution in [-0.4, -0.2) is 19.5 Å². The van der Waals surface area contributed by atoms with Crippen LogP contribution in [0.25, 0.3) is 72.4 Å². The monoisotopic (exact) mass is 514 g/mol. The maximum absolute atomic E-state index is 6.16. The van der Waals surface area contributed by atoms with Crippen molar-refractivity contribution in [3.05, 3.63) is 134 Å². The molecule has 0 saturated carbocycles. The Balaban J connectivity index is 1.44. The third-order valence-corrected chi connectivity index (χ3v) is 7.41. The van der Waals surface area contributed by atoms with Gasteiger partial charge in [-0.1, -0.05) is 54.6 Å². The summed E-state index contributed by atoms with van der Waals surface area (Å²) in [5.74, 6) is 0.608. The van der Waals surface area contributed by atoms with E-state index in [1.165, 1.54) is 10.8 Å². The molecule has 8 aromatic rings. The summed E-state index contributed by atoms with van der Waals surface area (Å²) in [5, 5.41) is 2.35. The molecule has 4 heterocycles. The lowest BCUT2D eigenvalue weighted by Crippen LogP contribution is -1.99. The SMILES string of the molecule is c1ccc(-c2ccc(-c3ccncc3)c(-n3c4ccccc4c4ccc(-c5nc6ccccc6o5)cc43)c2)nc1. The van der Waals surface area contributed by atoms with Crippen molar-refractivity contribution in [2.75, 3.05) is 0 Å². The van der Waals surface area contributed by atoms with Crippen LogP contribution in [-0.2, 0) is 0 Å². The van der Waals surface area contributed by atoms with Gasteiger partial charge in [0.25, 0.3) is 0 Å². The van der Waals surface area contributed by atoms with Gasteiger partial charge in [-0.15, -0.1) is 0 Å². The highest BCUT2D eigenvalue weighted by atomic mass is 16.3. The molecule has 188 valence electrons. The van der Waals surface area contributed by atoms with E-state index in [4.69, 9.17) is 9.40 Å². The second kappa shape index (κ2) is 9.03. The summed E-state index contributed by atoms with van der Waals surface area (Å²) in [6, 6.07) is 39.5. The highest BCUT2D eigenvalue weighted by Gasteiger charge is 2.18. The van der Waals surface area contributed by atoms with Gasteiger partial charge in [-0.05, 0) is 66.2 Å². The van der Waals surface area contributed by atoms with Crippen molar-refractivity contribution in [1.29, 1.82) is 0 Å². The fraction of sp³-hybridized carbons (Fsp3) is 0. The van der Waals surface area contributed by atoms with E-state index < -0.39 is 0 Å². The van der Waals surface area contributed by atoms with Crippen LogP contribution in [0.5, 0.6) is 0 Å². The first-order valence-electron chi connectivity index (χ1n) is 13.2. The topological polar surface area (TPSA) is 56.7 Å². The molecule has 0 unspecified atom stereocenters. The maximum atomic E-state index is 6.16. The molecule has 0 bridgehead atoms. The van der Waals surface area contributed by atoms with E-state index in [1.54, 1.807) is 0 Å². The number of benzene rings is 4. The summed E-state index contributed by atoms with van der Waals surface area (Å²) >= 11 is 0. The van der Waals surface area contributed by atoms with Crippen molar-refractivity contribution in [2.24, 2.45) is 0 Å². The van der Waals surface area contributed by atoms with Crippen molar-refractivity contribution >= 4 is 32.9 Å². The molecule has 0 saturated heterocycles. The first-order chi connectivity index (χ1) is 19.8. The molecule has 0 N–H and O–H groups in total. The zero-order valence-corrected chi connectivity index (χ0v) is 21.4. The Labute approximate surface area is 230 Å². The molecule has 0 aliphatic rings. The number of aromatic nitrogens is 4. The summed E-state index contributed by atoms with van der Waals surface area (Å²) < 4.78 is 8.50. The largest absolute Gasteiger partial charge is 0.436 e. The molecule has 0 spiro atoms. The molecule has 0 radical (unpaired) electrons. The maximum Gasteiger partial charge on any atom is 0.227 e. The molecule has 5 nitrogen and oxygen atoms in total. The zero-order valence-electron chi connectivity index (χ0n) is 21.4. The van der Waals surface area contributed by atoms with Gasteiger partial charge in [0.05, 0.1) is 22.4 Å². The highest BCUT2D eigenvalue weighted by molar-refractivity contribution is 6.10. The number of rotatable bonds is 4. The van der Waals surface area contributed by atoms with Crippen molar-refractivity contribution in [3.63, 3.8) is 0 Å². The fourth-order valence-electron chi connectivity index (χ4n) is 5.54. The second-order valence-corrected chi connectivity index (χ2v) is 9.75. The summed E-state index contributed by atoms with van der Waals surface area (Å²) in [6.45, 7) is 0. The van der Waals surface area contributed by atoms with Gasteiger partial charge < -0.3 is 8.98 Å². The molecule has 0 atom stereocenters. The Hall–Kier alpha value is -5.55. The Morgan fingerprint density at radius 1 is 0.575 bits per heavy atom. The minimum absolute atomic E-state index is 0.608. The molecular formula is C35H22N4O. The van der Waals surface area contributed by atoms with E-state index in [2.05, 4.69) is 87.3 Å². The molecule has 4 aromatic carbocycles. The Bertz CT molecular complexity index is 2130. The molecular weight excluding hydrogens is 492 g/mol. The van der Waals surface area contributed by atoms with Crippen LogP contribution in [0, 0.1) is 0 Å². The summed E-state index contributed by atoms with van der Waals surface area (Å²) in [4.78, 5) is 13.7. The van der Waals surface area contributed by atoms with Crippen LogP contribution >= 0.6 is 0 Å². The molecule has 4 aromatic heterocycles. The van der Waals surface area contributed by atoms with Crippen molar-refractivity contribution in [3.8, 4) is 39.5 Å². The van der Waals surface area contributed by atoms with Crippen LogP contribution in [0.1, 0.15) is 0 Å². The average molecular weight is 515 g/mol. The Morgan fingerprint density at radius 2 is 1.38 bits per heavy atom. The first kappa shape index (κ1) is 22.4. The number of hydrogen-bond acceptors (Lipinski definition) is 4. The van der Waals surface area contributed by atoms with Crippen LogP contribution < -0.4 is 0 Å². The third-order valence-electron chi connectivity index (χ3n) is 7.41. The van der Waals surface area contributed by atoms with E-state index in [1.807, 2.05) is 61.1 Å². The second-order valence-electron chi connectivity index (χ2n) is 9.75. The van der Waals surface area contributed by atoms with Crippen LogP contribution in [0.2, 0.25) is 0 Å². The summed E-state index contributed by atoms with van der Waals surface area (Å²) in [6.07, 6.45) is 5.50. The lowest BCUT2D eigenvalue weighted by atomic mass is 10.0. The van der Waals surface area contributed by atoms with Gasteiger partial charge in [0.2, 0.25) is 5.89 Å².